The Morgan fingerprint density at radius 2 is 1.78 bits per heavy atom. The monoisotopic (exact) mass is 393 g/mol. The van der Waals surface area contributed by atoms with Crippen molar-refractivity contribution >= 4 is 29.2 Å². The minimum atomic E-state index is -0.0950. The van der Waals surface area contributed by atoms with E-state index in [1.165, 1.54) is 14.3 Å². The number of nitrogens with one attached hydrogen (secondary N) is 1. The third-order valence-corrected chi connectivity index (χ3v) is 5.90. The van der Waals surface area contributed by atoms with Gasteiger partial charge in [-0.15, -0.1) is 0 Å². The highest BCUT2D eigenvalue weighted by Gasteiger charge is 2.11. The zero-order chi connectivity index (χ0) is 18.6. The Morgan fingerprint density at radius 3 is 2.52 bits per heavy atom. The standard InChI is InChI=1S/C21H19N3OS2/c1-26-12-11-16-13-20(25)24-21(23-16)19(14-22-24)15-7-9-18(10-8-15)27-17-5-3-2-4-6-17/h2-10,13-14,23H,11-12H2,1H3. The molecule has 27 heavy (non-hydrogen) atoms. The Morgan fingerprint density at radius 1 is 1.04 bits per heavy atom. The number of H-pyrrole nitrogens is 1. The number of hydrogen-bond donors (Lipinski definition) is 1. The van der Waals surface area contributed by atoms with Crippen molar-refractivity contribution < 1.29 is 0 Å². The van der Waals surface area contributed by atoms with Gasteiger partial charge in [0, 0.05) is 27.1 Å². The average Bonchev–Trinajstić information content (AvgIpc) is 3.12. The second kappa shape index (κ2) is 8.06. The van der Waals surface area contributed by atoms with Crippen LogP contribution in [-0.4, -0.2) is 26.6 Å². The first-order valence-corrected chi connectivity index (χ1v) is 10.9. The molecule has 0 spiro atoms. The zero-order valence-electron chi connectivity index (χ0n) is 14.9. The summed E-state index contributed by atoms with van der Waals surface area (Å²) >= 11 is 3.50. The number of nitrogens with zero attached hydrogens (tertiary/aromatic N) is 2. The predicted octanol–water partition coefficient (Wildman–Crippen LogP) is 4.75. The summed E-state index contributed by atoms with van der Waals surface area (Å²) in [5.41, 5.74) is 3.58. The SMILES string of the molecule is CSCCc1cc(=O)n2ncc(-c3ccc(Sc4ccccc4)cc3)c2[nH]1. The predicted molar refractivity (Wildman–Crippen MR) is 114 cm³/mol. The third-order valence-electron chi connectivity index (χ3n) is 4.27. The van der Waals surface area contributed by atoms with Crippen molar-refractivity contribution in [1.29, 1.82) is 0 Å². The van der Waals surface area contributed by atoms with Crippen LogP contribution in [0.1, 0.15) is 5.69 Å². The Hall–Kier alpha value is -2.44. The average molecular weight is 394 g/mol. The molecule has 0 aliphatic rings. The van der Waals surface area contributed by atoms with E-state index in [4.69, 9.17) is 0 Å². The molecule has 4 nitrogen and oxygen atoms in total. The highest BCUT2D eigenvalue weighted by atomic mass is 32.2. The molecule has 0 aliphatic carbocycles. The molecule has 0 unspecified atom stereocenters. The lowest BCUT2D eigenvalue weighted by Gasteiger charge is -2.05. The quantitative estimate of drug-likeness (QED) is 0.514. The summed E-state index contributed by atoms with van der Waals surface area (Å²) in [6.45, 7) is 0. The third kappa shape index (κ3) is 3.96. The first kappa shape index (κ1) is 17.9. The molecule has 2 aromatic carbocycles. The van der Waals surface area contributed by atoms with Crippen molar-refractivity contribution in [2.75, 3.05) is 12.0 Å². The van der Waals surface area contributed by atoms with Crippen LogP contribution in [0.2, 0.25) is 0 Å². The minimum Gasteiger partial charge on any atom is -0.343 e. The first-order chi connectivity index (χ1) is 13.2. The van der Waals surface area contributed by atoms with Crippen molar-refractivity contribution in [3.8, 4) is 11.1 Å². The summed E-state index contributed by atoms with van der Waals surface area (Å²) in [6.07, 6.45) is 4.66. The Balaban J connectivity index is 1.65. The van der Waals surface area contributed by atoms with Gasteiger partial charge in [-0.25, -0.2) is 0 Å². The summed E-state index contributed by atoms with van der Waals surface area (Å²) in [4.78, 5) is 18.1. The number of aromatic amines is 1. The largest absolute Gasteiger partial charge is 0.343 e. The Labute approximate surface area is 166 Å². The molecule has 0 bridgehead atoms. The van der Waals surface area contributed by atoms with Gasteiger partial charge in [-0.3, -0.25) is 4.79 Å². The van der Waals surface area contributed by atoms with E-state index < -0.39 is 0 Å². The van der Waals surface area contributed by atoms with Crippen molar-refractivity contribution in [3.05, 3.63) is 82.9 Å². The van der Waals surface area contributed by atoms with E-state index in [0.29, 0.717) is 0 Å². The van der Waals surface area contributed by atoms with E-state index in [9.17, 15) is 4.79 Å². The fourth-order valence-corrected chi connectivity index (χ4v) is 4.18. The molecule has 0 saturated carbocycles. The van der Waals surface area contributed by atoms with E-state index in [0.717, 1.165) is 34.6 Å². The molecule has 4 rings (SSSR count). The number of hydrogen-bond acceptors (Lipinski definition) is 4. The van der Waals surface area contributed by atoms with Gasteiger partial charge in [0.1, 0.15) is 5.65 Å². The van der Waals surface area contributed by atoms with Crippen LogP contribution in [0, 0.1) is 0 Å². The molecule has 136 valence electrons. The van der Waals surface area contributed by atoms with Gasteiger partial charge in [0.2, 0.25) is 0 Å². The van der Waals surface area contributed by atoms with Gasteiger partial charge < -0.3 is 4.98 Å². The molecular formula is C21H19N3OS2. The van der Waals surface area contributed by atoms with Crippen LogP contribution in [0.3, 0.4) is 0 Å². The van der Waals surface area contributed by atoms with Gasteiger partial charge in [-0.2, -0.15) is 21.4 Å². The number of aromatic nitrogens is 3. The van der Waals surface area contributed by atoms with Crippen LogP contribution in [0.4, 0.5) is 0 Å². The molecule has 0 aliphatic heterocycles. The second-order valence-corrected chi connectivity index (χ2v) is 8.27. The molecule has 2 heterocycles. The van der Waals surface area contributed by atoms with Crippen LogP contribution in [0.25, 0.3) is 16.8 Å². The van der Waals surface area contributed by atoms with Crippen molar-refractivity contribution in [3.63, 3.8) is 0 Å². The summed E-state index contributed by atoms with van der Waals surface area (Å²) < 4.78 is 1.44. The van der Waals surface area contributed by atoms with Crippen LogP contribution in [0.15, 0.2) is 81.4 Å². The van der Waals surface area contributed by atoms with Crippen LogP contribution < -0.4 is 5.56 Å². The van der Waals surface area contributed by atoms with Gasteiger partial charge in [-0.1, -0.05) is 42.1 Å². The number of benzene rings is 2. The smallest absolute Gasteiger partial charge is 0.274 e. The summed E-state index contributed by atoms with van der Waals surface area (Å²) in [5, 5.41) is 4.27. The Bertz CT molecular complexity index is 1100. The molecule has 0 saturated heterocycles. The van der Waals surface area contributed by atoms with E-state index in [2.05, 4.69) is 52.7 Å². The maximum atomic E-state index is 12.3. The lowest BCUT2D eigenvalue weighted by atomic mass is 10.1. The second-order valence-electron chi connectivity index (χ2n) is 6.13. The van der Waals surface area contributed by atoms with E-state index >= 15 is 0 Å². The van der Waals surface area contributed by atoms with Crippen molar-refractivity contribution in [2.45, 2.75) is 16.2 Å². The lowest BCUT2D eigenvalue weighted by Crippen LogP contribution is -2.15. The van der Waals surface area contributed by atoms with Crippen molar-refractivity contribution in [2.24, 2.45) is 0 Å². The maximum Gasteiger partial charge on any atom is 0.274 e. The molecule has 4 aromatic rings. The van der Waals surface area contributed by atoms with Gasteiger partial charge in [0.15, 0.2) is 0 Å². The number of rotatable bonds is 6. The van der Waals surface area contributed by atoms with E-state index in [1.54, 1.807) is 35.8 Å². The Kier molecular flexibility index (Phi) is 5.36. The molecule has 0 radical (unpaired) electrons. The van der Waals surface area contributed by atoms with E-state index in [-0.39, 0.29) is 5.56 Å². The number of aryl methyl sites for hydroxylation is 1. The molecule has 0 atom stereocenters. The minimum absolute atomic E-state index is 0.0950. The molecule has 0 amide bonds. The van der Waals surface area contributed by atoms with Gasteiger partial charge in [0.05, 0.1) is 6.20 Å². The topological polar surface area (TPSA) is 50.2 Å². The summed E-state index contributed by atoms with van der Waals surface area (Å²) in [5.74, 6) is 0.973. The van der Waals surface area contributed by atoms with Crippen molar-refractivity contribution in [1.82, 2.24) is 14.6 Å². The molecule has 6 heteroatoms. The normalized spacial score (nSPS) is 11.1. The number of fused-ring (bicyclic) bond motifs is 1. The summed E-state index contributed by atoms with van der Waals surface area (Å²) in [6, 6.07) is 20.3. The zero-order valence-corrected chi connectivity index (χ0v) is 16.5. The fraction of sp³-hybridized carbons (Fsp3) is 0.143. The summed E-state index contributed by atoms with van der Waals surface area (Å²) in [7, 11) is 0. The molecular weight excluding hydrogens is 374 g/mol. The molecule has 2 aromatic heterocycles. The van der Waals surface area contributed by atoms with Crippen LogP contribution >= 0.6 is 23.5 Å². The number of thioether (sulfide) groups is 1. The van der Waals surface area contributed by atoms with Gasteiger partial charge >= 0.3 is 0 Å². The van der Waals surface area contributed by atoms with Crippen LogP contribution in [-0.2, 0) is 6.42 Å². The maximum absolute atomic E-state index is 12.3. The van der Waals surface area contributed by atoms with Gasteiger partial charge in [0.25, 0.3) is 5.56 Å². The molecule has 1 N–H and O–H groups in total. The highest BCUT2D eigenvalue weighted by molar-refractivity contribution is 7.99. The van der Waals surface area contributed by atoms with Crippen LogP contribution in [0.5, 0.6) is 0 Å². The highest BCUT2D eigenvalue weighted by Crippen LogP contribution is 2.30. The van der Waals surface area contributed by atoms with Gasteiger partial charge in [-0.05, 0) is 48.3 Å². The fourth-order valence-electron chi connectivity index (χ4n) is 2.92. The van der Waals surface area contributed by atoms with E-state index in [1.807, 2.05) is 18.2 Å². The lowest BCUT2D eigenvalue weighted by molar-refractivity contribution is 0.877. The first-order valence-electron chi connectivity index (χ1n) is 8.67. The molecule has 0 fully saturated rings.